The summed E-state index contributed by atoms with van der Waals surface area (Å²) in [4.78, 5) is 27.6. The first-order valence-electron chi connectivity index (χ1n) is 11.3. The van der Waals surface area contributed by atoms with Crippen LogP contribution in [0.4, 0.5) is 8.78 Å². The van der Waals surface area contributed by atoms with Crippen molar-refractivity contribution < 1.29 is 28.2 Å². The molecule has 3 aliphatic rings. The summed E-state index contributed by atoms with van der Waals surface area (Å²) in [6, 6.07) is 11.4. The van der Waals surface area contributed by atoms with Gasteiger partial charge in [0.05, 0.1) is 25.9 Å². The van der Waals surface area contributed by atoms with Crippen LogP contribution in [-0.4, -0.2) is 52.6 Å². The van der Waals surface area contributed by atoms with Crippen molar-refractivity contribution in [1.82, 2.24) is 9.58 Å². The van der Waals surface area contributed by atoms with Gasteiger partial charge >= 0.3 is 0 Å². The molecule has 1 amide bonds. The maximum atomic E-state index is 14.6. The lowest BCUT2D eigenvalue weighted by molar-refractivity contribution is -0.0758. The van der Waals surface area contributed by atoms with Crippen molar-refractivity contribution in [3.05, 3.63) is 93.4 Å². The molecule has 0 spiro atoms. The monoisotopic (exact) mass is 481 g/mol. The molecule has 0 aliphatic carbocycles. The molecule has 1 aromatic heterocycles. The standard InChI is InChI=1S/C25H21F2N3O5/c26-17-10-16-20(11-18(17)27)35-9-7-21-29(15-12-34-13-15)25(33)23-24(32)19(31)6-8-28(23)30(21)22(16)14-4-2-1-3-5-14/h1-6,8,10-11,15,21-22,32H,7,9,12-13H2. The molecule has 1 saturated heterocycles. The van der Waals surface area contributed by atoms with Crippen LogP contribution in [0, 0.1) is 11.6 Å². The zero-order chi connectivity index (χ0) is 24.3. The van der Waals surface area contributed by atoms with E-state index in [-0.39, 0.29) is 24.1 Å². The molecule has 0 bridgehead atoms. The number of fused-ring (bicyclic) bond motifs is 4. The van der Waals surface area contributed by atoms with Gasteiger partial charge in [0.15, 0.2) is 23.1 Å². The molecule has 3 aromatic rings. The van der Waals surface area contributed by atoms with Crippen LogP contribution in [0.15, 0.2) is 59.5 Å². The van der Waals surface area contributed by atoms with Crippen molar-refractivity contribution in [2.24, 2.45) is 0 Å². The number of benzene rings is 2. The van der Waals surface area contributed by atoms with Gasteiger partial charge in [-0.15, -0.1) is 0 Å². The first-order valence-corrected chi connectivity index (χ1v) is 11.3. The minimum Gasteiger partial charge on any atom is -0.502 e. The number of rotatable bonds is 2. The van der Waals surface area contributed by atoms with E-state index in [2.05, 4.69) is 0 Å². The first-order chi connectivity index (χ1) is 17.0. The van der Waals surface area contributed by atoms with Crippen LogP contribution >= 0.6 is 0 Å². The Balaban J connectivity index is 1.66. The van der Waals surface area contributed by atoms with E-state index in [0.717, 1.165) is 17.7 Å². The van der Waals surface area contributed by atoms with Crippen molar-refractivity contribution >= 4 is 5.91 Å². The normalized spacial score (nSPS) is 21.7. The maximum Gasteiger partial charge on any atom is 0.278 e. The molecule has 0 saturated carbocycles. The summed E-state index contributed by atoms with van der Waals surface area (Å²) < 4.78 is 41.5. The summed E-state index contributed by atoms with van der Waals surface area (Å²) in [5, 5.41) is 12.5. The number of aromatic nitrogens is 1. The molecule has 180 valence electrons. The van der Waals surface area contributed by atoms with E-state index < -0.39 is 40.9 Å². The Morgan fingerprint density at radius 3 is 2.46 bits per heavy atom. The minimum atomic E-state index is -1.04. The number of carbonyl (C=O) groups excluding carboxylic acids is 1. The van der Waals surface area contributed by atoms with Gasteiger partial charge in [-0.1, -0.05) is 30.3 Å². The Kier molecular flexibility index (Phi) is 4.99. The third kappa shape index (κ3) is 3.28. The van der Waals surface area contributed by atoms with Crippen LogP contribution in [0.1, 0.15) is 34.1 Å². The van der Waals surface area contributed by atoms with E-state index in [4.69, 9.17) is 9.47 Å². The Morgan fingerprint density at radius 1 is 1.00 bits per heavy atom. The van der Waals surface area contributed by atoms with Crippen molar-refractivity contribution in [3.8, 4) is 11.5 Å². The van der Waals surface area contributed by atoms with Crippen LogP contribution in [0.3, 0.4) is 0 Å². The first kappa shape index (κ1) is 21.6. The zero-order valence-electron chi connectivity index (χ0n) is 18.4. The van der Waals surface area contributed by atoms with Crippen molar-refractivity contribution in [2.75, 3.05) is 24.8 Å². The molecule has 2 unspecified atom stereocenters. The second-order valence-electron chi connectivity index (χ2n) is 8.74. The SMILES string of the molecule is O=C1c2c(O)c(=O)ccn2N2C(c3ccccc3)c3cc(F)c(F)cc3OCCC2N1C1COC1. The molecule has 2 atom stereocenters. The van der Waals surface area contributed by atoms with E-state index in [0.29, 0.717) is 25.2 Å². The van der Waals surface area contributed by atoms with E-state index in [1.165, 1.54) is 16.9 Å². The van der Waals surface area contributed by atoms with E-state index in [1.54, 1.807) is 4.90 Å². The van der Waals surface area contributed by atoms with E-state index >= 15 is 0 Å². The number of aromatic hydroxyl groups is 1. The minimum absolute atomic E-state index is 0.125. The fraction of sp³-hybridized carbons (Fsp3) is 0.280. The molecule has 6 rings (SSSR count). The highest BCUT2D eigenvalue weighted by atomic mass is 19.2. The van der Waals surface area contributed by atoms with Gasteiger partial charge in [0.2, 0.25) is 5.43 Å². The predicted octanol–water partition coefficient (Wildman–Crippen LogP) is 2.52. The van der Waals surface area contributed by atoms with Gasteiger partial charge in [0.1, 0.15) is 18.0 Å². The molecule has 35 heavy (non-hydrogen) atoms. The third-order valence-corrected chi connectivity index (χ3v) is 6.74. The quantitative estimate of drug-likeness (QED) is 0.606. The molecule has 8 nitrogen and oxygen atoms in total. The molecule has 1 fully saturated rings. The fourth-order valence-electron chi connectivity index (χ4n) is 5.07. The highest BCUT2D eigenvalue weighted by molar-refractivity contribution is 5.96. The highest BCUT2D eigenvalue weighted by Crippen LogP contribution is 2.42. The van der Waals surface area contributed by atoms with Crippen molar-refractivity contribution in [3.63, 3.8) is 0 Å². The molecule has 4 heterocycles. The molecule has 10 heteroatoms. The lowest BCUT2D eigenvalue weighted by Gasteiger charge is -2.54. The molecular formula is C25H21F2N3O5. The van der Waals surface area contributed by atoms with Gasteiger partial charge in [0.25, 0.3) is 5.91 Å². The van der Waals surface area contributed by atoms with Gasteiger partial charge in [-0.3, -0.25) is 19.3 Å². The molecule has 3 aliphatic heterocycles. The highest BCUT2D eigenvalue weighted by Gasteiger charge is 2.48. The zero-order valence-corrected chi connectivity index (χ0v) is 18.4. The molecule has 2 aromatic carbocycles. The summed E-state index contributed by atoms with van der Waals surface area (Å²) >= 11 is 0. The number of nitrogens with zero attached hydrogens (tertiary/aromatic N) is 3. The van der Waals surface area contributed by atoms with Gasteiger partial charge in [-0.25, -0.2) is 8.78 Å². The van der Waals surface area contributed by atoms with E-state index in [1.807, 2.05) is 35.3 Å². The number of ether oxygens (including phenoxy) is 2. The second kappa shape index (κ2) is 8.09. The van der Waals surface area contributed by atoms with Crippen LogP contribution in [0.5, 0.6) is 11.5 Å². The van der Waals surface area contributed by atoms with Crippen LogP contribution in [-0.2, 0) is 4.74 Å². The van der Waals surface area contributed by atoms with Gasteiger partial charge in [0, 0.05) is 30.3 Å². The lowest BCUT2D eigenvalue weighted by atomic mass is 9.94. The molecule has 1 N–H and O–H groups in total. The number of pyridine rings is 1. The van der Waals surface area contributed by atoms with Crippen LogP contribution in [0.2, 0.25) is 0 Å². The second-order valence-corrected chi connectivity index (χ2v) is 8.74. The molecular weight excluding hydrogens is 460 g/mol. The predicted molar refractivity (Wildman–Crippen MR) is 120 cm³/mol. The summed E-state index contributed by atoms with van der Waals surface area (Å²) in [5.41, 5.74) is 0.196. The molecule has 0 radical (unpaired) electrons. The van der Waals surface area contributed by atoms with Crippen molar-refractivity contribution in [1.29, 1.82) is 0 Å². The number of halogens is 2. The van der Waals surface area contributed by atoms with E-state index in [9.17, 15) is 23.5 Å². The van der Waals surface area contributed by atoms with Gasteiger partial charge in [-0.05, 0) is 11.6 Å². The summed E-state index contributed by atoms with van der Waals surface area (Å²) in [7, 11) is 0. The Morgan fingerprint density at radius 2 is 1.74 bits per heavy atom. The topological polar surface area (TPSA) is 84.2 Å². The van der Waals surface area contributed by atoms with Crippen molar-refractivity contribution in [2.45, 2.75) is 24.7 Å². The summed E-state index contributed by atoms with van der Waals surface area (Å²) in [6.07, 6.45) is 1.17. The number of hydrogen-bond acceptors (Lipinski definition) is 6. The van der Waals surface area contributed by atoms with Crippen LogP contribution < -0.4 is 15.2 Å². The van der Waals surface area contributed by atoms with Gasteiger partial charge < -0.3 is 19.5 Å². The smallest absolute Gasteiger partial charge is 0.278 e. The number of hydrogen-bond donors (Lipinski definition) is 1. The Labute approximate surface area is 198 Å². The van der Waals surface area contributed by atoms with Gasteiger partial charge in [-0.2, -0.15) is 0 Å². The fourth-order valence-corrected chi connectivity index (χ4v) is 5.07. The summed E-state index contributed by atoms with van der Waals surface area (Å²) in [5.74, 6) is -3.06. The van der Waals surface area contributed by atoms with Crippen LogP contribution in [0.25, 0.3) is 0 Å². The number of amides is 1. The summed E-state index contributed by atoms with van der Waals surface area (Å²) in [6.45, 7) is 0.738. The largest absolute Gasteiger partial charge is 0.502 e. The Hall–Kier alpha value is -3.92. The average molecular weight is 481 g/mol. The lowest BCUT2D eigenvalue weighted by Crippen LogP contribution is -2.68. The maximum absolute atomic E-state index is 14.6. The average Bonchev–Trinajstić information content (AvgIpc) is 2.81. The third-order valence-electron chi connectivity index (χ3n) is 6.74. The Bertz CT molecular complexity index is 1380. The number of carbonyl (C=O) groups is 1.